The molecule has 0 spiro atoms. The molecule has 4 heterocycles. The summed E-state index contributed by atoms with van der Waals surface area (Å²) in [6, 6.07) is 5.49. The monoisotopic (exact) mass is 335 g/mol. The number of rotatable bonds is 2. The molecule has 0 amide bonds. The van der Waals surface area contributed by atoms with Gasteiger partial charge in [0, 0.05) is 37.3 Å². The second-order valence-corrected chi connectivity index (χ2v) is 7.24. The van der Waals surface area contributed by atoms with E-state index in [9.17, 15) is 9.59 Å². The molecule has 2 aromatic heterocycles. The van der Waals surface area contributed by atoms with Gasteiger partial charge < -0.3 is 9.47 Å². The largest absolute Gasteiger partial charge is 0.347 e. The molecule has 0 aliphatic carbocycles. The Morgan fingerprint density at radius 2 is 2.18 bits per heavy atom. The molecule has 2 aliphatic heterocycles. The van der Waals surface area contributed by atoms with Crippen LogP contribution in [0.1, 0.15) is 27.7 Å². The first kappa shape index (κ1) is 14.0. The lowest BCUT2D eigenvalue weighted by Gasteiger charge is -2.42. The maximum atomic E-state index is 12.0. The predicted molar refractivity (Wildman–Crippen MR) is 86.3 cm³/mol. The van der Waals surface area contributed by atoms with E-state index in [1.807, 2.05) is 16.7 Å². The van der Waals surface area contributed by atoms with Crippen molar-refractivity contribution in [1.29, 1.82) is 0 Å². The van der Waals surface area contributed by atoms with Crippen LogP contribution in [0.4, 0.5) is 5.13 Å². The average molecular weight is 336 g/mol. The van der Waals surface area contributed by atoms with Crippen molar-refractivity contribution in [3.05, 3.63) is 44.3 Å². The number of nitrogens with zero attached hydrogens (tertiary/aromatic N) is 3. The first-order valence-corrected chi connectivity index (χ1v) is 8.41. The summed E-state index contributed by atoms with van der Waals surface area (Å²) in [5.74, 6) is 0.748. The van der Waals surface area contributed by atoms with Crippen LogP contribution in [0.2, 0.25) is 5.15 Å². The van der Waals surface area contributed by atoms with Crippen LogP contribution < -0.4 is 10.5 Å². The summed E-state index contributed by atoms with van der Waals surface area (Å²) in [5.41, 5.74) is 1.19. The first-order chi connectivity index (χ1) is 10.7. The number of anilines is 1. The zero-order chi connectivity index (χ0) is 15.3. The molecule has 0 aromatic carbocycles. The van der Waals surface area contributed by atoms with E-state index < -0.39 is 0 Å². The van der Waals surface area contributed by atoms with Crippen LogP contribution in [-0.2, 0) is 6.54 Å². The van der Waals surface area contributed by atoms with Crippen molar-refractivity contribution >= 4 is 34.4 Å². The molecule has 2 unspecified atom stereocenters. The number of carbonyl (C=O) groups excluding carboxylic acids is 1. The summed E-state index contributed by atoms with van der Waals surface area (Å²) < 4.78 is 1.90. The van der Waals surface area contributed by atoms with E-state index >= 15 is 0 Å². The Morgan fingerprint density at radius 1 is 1.32 bits per heavy atom. The molecule has 0 saturated carbocycles. The van der Waals surface area contributed by atoms with Gasteiger partial charge in [-0.25, -0.2) is 4.98 Å². The first-order valence-electron chi connectivity index (χ1n) is 7.22. The Kier molecular flexibility index (Phi) is 3.31. The number of hydrogen-bond acceptors (Lipinski definition) is 5. The normalized spacial score (nSPS) is 23.2. The van der Waals surface area contributed by atoms with Crippen molar-refractivity contribution in [3.8, 4) is 0 Å². The molecule has 114 valence electrons. The number of piperidine rings is 1. The molecule has 22 heavy (non-hydrogen) atoms. The predicted octanol–water partition coefficient (Wildman–Crippen LogP) is 2.39. The molecule has 0 N–H and O–H groups in total. The van der Waals surface area contributed by atoms with Gasteiger partial charge in [-0.3, -0.25) is 9.59 Å². The second kappa shape index (κ2) is 5.21. The number of carbonyl (C=O) groups is 1. The molecule has 1 saturated heterocycles. The molecule has 2 aromatic rings. The number of thiazole rings is 1. The van der Waals surface area contributed by atoms with Gasteiger partial charge in [-0.15, -0.1) is 0 Å². The molecule has 2 aliphatic rings. The summed E-state index contributed by atoms with van der Waals surface area (Å²) in [4.78, 5) is 30.0. The fourth-order valence-corrected chi connectivity index (χ4v) is 4.64. The number of hydrogen-bond donors (Lipinski definition) is 0. The number of aromatic nitrogens is 2. The summed E-state index contributed by atoms with van der Waals surface area (Å²) in [5, 5.41) is 1.08. The SMILES string of the molecule is O=Cc1sc(N2CC3CC(C2)c2cccc(=O)n2C3)nc1Cl. The number of pyridine rings is 1. The van der Waals surface area contributed by atoms with E-state index in [0.29, 0.717) is 16.7 Å². The highest BCUT2D eigenvalue weighted by molar-refractivity contribution is 7.17. The highest BCUT2D eigenvalue weighted by Gasteiger charge is 2.35. The van der Waals surface area contributed by atoms with Crippen molar-refractivity contribution in [2.24, 2.45) is 5.92 Å². The average Bonchev–Trinajstić information content (AvgIpc) is 2.89. The zero-order valence-electron chi connectivity index (χ0n) is 11.7. The molecular weight excluding hydrogens is 322 g/mol. The third kappa shape index (κ3) is 2.18. The minimum atomic E-state index is 0.0844. The zero-order valence-corrected chi connectivity index (χ0v) is 13.3. The number of halogens is 1. The van der Waals surface area contributed by atoms with Gasteiger partial charge in [0.1, 0.15) is 4.88 Å². The minimum absolute atomic E-state index is 0.0844. The number of fused-ring (bicyclic) bond motifs is 4. The van der Waals surface area contributed by atoms with E-state index in [1.165, 1.54) is 11.3 Å². The van der Waals surface area contributed by atoms with Gasteiger partial charge >= 0.3 is 0 Å². The van der Waals surface area contributed by atoms with Crippen molar-refractivity contribution < 1.29 is 4.79 Å². The summed E-state index contributed by atoms with van der Waals surface area (Å²) >= 11 is 7.32. The van der Waals surface area contributed by atoms with Crippen LogP contribution in [0.5, 0.6) is 0 Å². The molecule has 1 fully saturated rings. The van der Waals surface area contributed by atoms with E-state index in [2.05, 4.69) is 9.88 Å². The van der Waals surface area contributed by atoms with Gasteiger partial charge in [-0.05, 0) is 18.4 Å². The lowest BCUT2D eigenvalue weighted by atomic mass is 9.83. The fourth-order valence-electron chi connectivity index (χ4n) is 3.56. The maximum Gasteiger partial charge on any atom is 0.250 e. The quantitative estimate of drug-likeness (QED) is 0.791. The van der Waals surface area contributed by atoms with Gasteiger partial charge in [0.05, 0.1) is 0 Å². The van der Waals surface area contributed by atoms with E-state index in [-0.39, 0.29) is 10.7 Å². The molecular formula is C15H14ClN3O2S. The van der Waals surface area contributed by atoms with Crippen molar-refractivity contribution in [2.45, 2.75) is 18.9 Å². The van der Waals surface area contributed by atoms with E-state index in [1.54, 1.807) is 6.07 Å². The molecule has 7 heteroatoms. The Labute approximate surface area is 136 Å². The molecule has 0 radical (unpaired) electrons. The van der Waals surface area contributed by atoms with Crippen LogP contribution in [-0.4, -0.2) is 28.9 Å². The van der Waals surface area contributed by atoms with Crippen LogP contribution in [0.15, 0.2) is 23.0 Å². The highest BCUT2D eigenvalue weighted by atomic mass is 35.5. The Morgan fingerprint density at radius 3 is 2.95 bits per heavy atom. The van der Waals surface area contributed by atoms with Crippen LogP contribution in [0.25, 0.3) is 0 Å². The van der Waals surface area contributed by atoms with Gasteiger partial charge in [-0.1, -0.05) is 29.0 Å². The lowest BCUT2D eigenvalue weighted by Crippen LogP contribution is -2.47. The second-order valence-electron chi connectivity index (χ2n) is 5.87. The standard InChI is InChI=1S/C15H14ClN3O2S/c16-14-12(8-20)22-15(17-14)18-5-9-4-10(7-18)11-2-1-3-13(21)19(11)6-9/h1-3,8-10H,4-7H2. The van der Waals surface area contributed by atoms with Crippen LogP contribution >= 0.6 is 22.9 Å². The lowest BCUT2D eigenvalue weighted by molar-refractivity contribution is 0.112. The molecule has 4 rings (SSSR count). The maximum absolute atomic E-state index is 12.0. The third-order valence-corrected chi connectivity index (χ3v) is 5.90. The van der Waals surface area contributed by atoms with Crippen molar-refractivity contribution in [1.82, 2.24) is 9.55 Å². The molecule has 2 atom stereocenters. The Bertz CT molecular complexity index is 800. The van der Waals surface area contributed by atoms with Gasteiger partial charge in [0.15, 0.2) is 16.6 Å². The molecule has 5 nitrogen and oxygen atoms in total. The van der Waals surface area contributed by atoms with Crippen LogP contribution in [0.3, 0.4) is 0 Å². The van der Waals surface area contributed by atoms with Gasteiger partial charge in [-0.2, -0.15) is 0 Å². The Hall–Kier alpha value is -1.66. The van der Waals surface area contributed by atoms with E-state index in [0.717, 1.165) is 43.2 Å². The summed E-state index contributed by atoms with van der Waals surface area (Å²) in [6.07, 6.45) is 1.85. The molecule has 2 bridgehead atoms. The fraction of sp³-hybridized carbons (Fsp3) is 0.400. The van der Waals surface area contributed by atoms with E-state index in [4.69, 9.17) is 11.6 Å². The summed E-state index contributed by atoms with van der Waals surface area (Å²) in [6.45, 7) is 2.41. The van der Waals surface area contributed by atoms with Crippen LogP contribution in [0, 0.1) is 5.92 Å². The number of aldehydes is 1. The van der Waals surface area contributed by atoms with Crippen molar-refractivity contribution in [3.63, 3.8) is 0 Å². The Balaban J connectivity index is 1.68. The third-order valence-electron chi connectivity index (χ3n) is 4.46. The minimum Gasteiger partial charge on any atom is -0.347 e. The smallest absolute Gasteiger partial charge is 0.250 e. The van der Waals surface area contributed by atoms with Gasteiger partial charge in [0.25, 0.3) is 5.56 Å². The van der Waals surface area contributed by atoms with Gasteiger partial charge in [0.2, 0.25) is 0 Å². The highest BCUT2D eigenvalue weighted by Crippen LogP contribution is 2.38. The topological polar surface area (TPSA) is 55.2 Å². The summed E-state index contributed by atoms with van der Waals surface area (Å²) in [7, 11) is 0. The van der Waals surface area contributed by atoms with Crippen molar-refractivity contribution in [2.75, 3.05) is 18.0 Å².